The van der Waals surface area contributed by atoms with Crippen LogP contribution >= 0.6 is 35.2 Å². The second-order valence-corrected chi connectivity index (χ2v) is 22.6. The van der Waals surface area contributed by atoms with Crippen LogP contribution in [0.25, 0.3) is 11.2 Å². The molecule has 1 aliphatic rings. The number of carbonyl (C=O) groups excluding carboxylic acids is 3. The van der Waals surface area contributed by atoms with Gasteiger partial charge in [0, 0.05) is 37.1 Å². The molecule has 74 heavy (non-hydrogen) atoms. The van der Waals surface area contributed by atoms with Crippen molar-refractivity contribution >= 4 is 69.1 Å². The number of hydrogen-bond donors (Lipinski definition) is 6. The number of aromatic nitrogens is 4. The molecule has 0 radical (unpaired) electrons. The number of ether oxygens (including phenoxy) is 1. The topological polar surface area (TPSA) is 395 Å². The fourth-order valence-corrected chi connectivity index (χ4v) is 10.3. The van der Waals surface area contributed by atoms with Crippen molar-refractivity contribution in [1.29, 1.82) is 0 Å². The Balaban J connectivity index is 1.27. The molecule has 3 rings (SSSR count). The fourth-order valence-electron chi connectivity index (χ4n) is 6.81. The van der Waals surface area contributed by atoms with Gasteiger partial charge in [0.05, 0.1) is 33.5 Å². The van der Waals surface area contributed by atoms with E-state index in [4.69, 9.17) is 10.5 Å². The summed E-state index contributed by atoms with van der Waals surface area (Å²) in [6, 6.07) is 0. The third-order valence-electron chi connectivity index (χ3n) is 10.7. The minimum absolute atomic E-state index is 0.0141. The molecular weight excluding hydrogens is 1050 g/mol. The lowest BCUT2D eigenvalue weighted by molar-refractivity contribution is -0.347. The van der Waals surface area contributed by atoms with Crippen molar-refractivity contribution in [3.05, 3.63) is 73.4 Å². The predicted molar refractivity (Wildman–Crippen MR) is 266 cm³/mol. The Kier molecular flexibility index (Phi) is 28.5. The van der Waals surface area contributed by atoms with Crippen molar-refractivity contribution < 1.29 is 85.6 Å². The molecule has 2 aromatic rings. The fraction of sp³-hybridized carbons (Fsp3) is 0.600. The normalized spacial score (nSPS) is 20.3. The molecule has 0 bridgehead atoms. The lowest BCUT2D eigenvalue weighted by atomic mass is 9.87. The lowest BCUT2D eigenvalue weighted by Gasteiger charge is -2.36. The van der Waals surface area contributed by atoms with Gasteiger partial charge < -0.3 is 74.1 Å². The Morgan fingerprint density at radius 3 is 2.14 bits per heavy atom. The van der Waals surface area contributed by atoms with Gasteiger partial charge in [0.25, 0.3) is 15.6 Å². The average Bonchev–Trinajstić information content (AvgIpc) is 3.89. The van der Waals surface area contributed by atoms with Crippen LogP contribution in [0.2, 0.25) is 0 Å². The number of nitrogens with one attached hydrogen (secondary N) is 2. The van der Waals surface area contributed by atoms with Gasteiger partial charge >= 0.3 is 0 Å². The number of nitrogens with two attached hydrogens (primary N) is 1. The van der Waals surface area contributed by atoms with E-state index in [-0.39, 0.29) is 53.8 Å². The van der Waals surface area contributed by atoms with Crippen molar-refractivity contribution in [1.82, 2.24) is 30.2 Å². The van der Waals surface area contributed by atoms with Gasteiger partial charge in [0.1, 0.15) is 36.3 Å². The molecule has 25 nitrogen and oxygen atoms in total. The van der Waals surface area contributed by atoms with Gasteiger partial charge in [-0.2, -0.15) is 0 Å². The zero-order chi connectivity index (χ0) is 54.8. The number of rotatable bonds is 36. The van der Waals surface area contributed by atoms with E-state index in [9.17, 15) is 63.0 Å². The maximum absolute atomic E-state index is 12.7. The van der Waals surface area contributed by atoms with E-state index in [1.807, 2.05) is 0 Å². The molecule has 2 aromatic heterocycles. The summed E-state index contributed by atoms with van der Waals surface area (Å²) in [6.07, 6.45) is 22.0. The highest BCUT2D eigenvalue weighted by Crippen LogP contribution is 2.56. The van der Waals surface area contributed by atoms with Crippen molar-refractivity contribution in [2.75, 3.05) is 37.8 Å². The molecule has 416 valence electrons. The standard InChI is InChI=1S/C45H72N7O18P3S/c1-4-5-6-7-8-9-10-11-12-13-14-15-16-17-18-19-20-21-22-23-33(53)28-36(55)74-27-26-47-35(54)24-25-48-43(58)40(57)45(2,3)30-67-73(64,65)70-72(62,63)66-29-34-39(69-71(59,60)61)38(56)44(68-34)52-32-51-37-41(46)49-31-50-42(37)52/h5-6,8-9,11-12,14-15,17-18,31-34,38-40,44,53,56-57H,4,7,10,13,16,19-30H2,1-3H3,(H,47,54)(H,48,58)(H,62,63)(H,64,65)(H2,46,49,50)(H2,59,60,61)/p-4/b6-5-,9-8-,12-11-,15-14-,18-17-/t33-,34-,38-,39-,40+,44-/m1/s1. The molecule has 0 spiro atoms. The number of nitrogens with zero attached hydrogens (tertiary/aromatic N) is 4. The highest BCUT2D eigenvalue weighted by Gasteiger charge is 2.47. The van der Waals surface area contributed by atoms with Crippen LogP contribution < -0.4 is 35.9 Å². The van der Waals surface area contributed by atoms with Crippen molar-refractivity contribution in [3.63, 3.8) is 0 Å². The van der Waals surface area contributed by atoms with Crippen LogP contribution in [0, 0.1) is 5.41 Å². The number of phosphoric acid groups is 3. The number of unbranched alkanes of at least 4 members (excludes halogenated alkanes) is 3. The summed E-state index contributed by atoms with van der Waals surface area (Å²) in [5.74, 6) is -1.37. The van der Waals surface area contributed by atoms with Gasteiger partial charge in [-0.25, -0.2) is 19.3 Å². The molecule has 1 saturated heterocycles. The summed E-state index contributed by atoms with van der Waals surface area (Å²) in [4.78, 5) is 97.1. The van der Waals surface area contributed by atoms with E-state index < -0.39 is 90.7 Å². The van der Waals surface area contributed by atoms with Crippen molar-refractivity contribution in [2.45, 2.75) is 135 Å². The number of thioether (sulfide) groups is 1. The molecule has 0 saturated carbocycles. The monoisotopic (exact) mass is 1120 g/mol. The number of aliphatic hydroxyl groups excluding tert-OH is 3. The number of imidazole rings is 1. The molecule has 2 amide bonds. The molecule has 0 aromatic carbocycles. The van der Waals surface area contributed by atoms with Crippen molar-refractivity contribution in [3.8, 4) is 0 Å². The zero-order valence-electron chi connectivity index (χ0n) is 41.5. The molecule has 7 N–H and O–H groups in total. The molecule has 29 heteroatoms. The summed E-state index contributed by atoms with van der Waals surface area (Å²) in [5, 5.41) is 36.5. The summed E-state index contributed by atoms with van der Waals surface area (Å²) < 4.78 is 60.9. The Morgan fingerprint density at radius 2 is 1.50 bits per heavy atom. The van der Waals surface area contributed by atoms with Crippen LogP contribution in [-0.4, -0.2) is 114 Å². The smallest absolute Gasteiger partial charge is 0.274 e. The molecule has 2 unspecified atom stereocenters. The maximum Gasteiger partial charge on any atom is 0.274 e. The Bertz CT molecular complexity index is 2380. The second-order valence-electron chi connectivity index (χ2n) is 17.4. The maximum atomic E-state index is 12.7. The summed E-state index contributed by atoms with van der Waals surface area (Å²) in [6.45, 7) is 2.08. The number of carbonyl (C=O) groups is 3. The number of fused-ring (bicyclic) bond motifs is 1. The minimum atomic E-state index is -5.94. The average molecular weight is 1120 g/mol. The number of anilines is 1. The minimum Gasteiger partial charge on any atom is -0.790 e. The van der Waals surface area contributed by atoms with E-state index in [0.717, 1.165) is 86.8 Å². The highest BCUT2D eigenvalue weighted by molar-refractivity contribution is 8.13. The Hall–Kier alpha value is -3.78. The van der Waals surface area contributed by atoms with Crippen LogP contribution in [0.3, 0.4) is 0 Å². The van der Waals surface area contributed by atoms with Gasteiger partial charge in [-0.05, 0) is 51.4 Å². The van der Waals surface area contributed by atoms with Crippen molar-refractivity contribution in [2.24, 2.45) is 5.41 Å². The quantitative estimate of drug-likeness (QED) is 0.0324. The van der Waals surface area contributed by atoms with Crippen LogP contribution in [0.4, 0.5) is 5.82 Å². The van der Waals surface area contributed by atoms with Gasteiger partial charge in [0.2, 0.25) is 11.8 Å². The molecular formula is C45H68N7O18P3S-4. The number of aliphatic hydroxyl groups is 3. The van der Waals surface area contributed by atoms with Crippen LogP contribution in [0.15, 0.2) is 73.4 Å². The van der Waals surface area contributed by atoms with E-state index in [1.54, 1.807) is 0 Å². The van der Waals surface area contributed by atoms with E-state index in [0.29, 0.717) is 6.42 Å². The van der Waals surface area contributed by atoms with Crippen LogP contribution in [0.1, 0.15) is 104 Å². The lowest BCUT2D eigenvalue weighted by Crippen LogP contribution is -2.46. The van der Waals surface area contributed by atoms with Gasteiger partial charge in [-0.1, -0.05) is 106 Å². The Labute approximate surface area is 434 Å². The number of nitrogen functional groups attached to an aromatic ring is 1. The zero-order valence-corrected chi connectivity index (χ0v) is 45.0. The number of allylic oxidation sites excluding steroid dienone is 10. The second kappa shape index (κ2) is 32.7. The first kappa shape index (κ1) is 64.5. The summed E-state index contributed by atoms with van der Waals surface area (Å²) >= 11 is 0.970. The van der Waals surface area contributed by atoms with Crippen LogP contribution in [0.5, 0.6) is 0 Å². The first-order valence-electron chi connectivity index (χ1n) is 23.9. The van der Waals surface area contributed by atoms with Crippen LogP contribution in [-0.2, 0) is 50.7 Å². The van der Waals surface area contributed by atoms with E-state index in [1.165, 1.54) is 13.8 Å². The molecule has 1 fully saturated rings. The largest absolute Gasteiger partial charge is 0.790 e. The Morgan fingerprint density at radius 1 is 0.878 bits per heavy atom. The molecule has 8 atom stereocenters. The highest BCUT2D eigenvalue weighted by atomic mass is 32.2. The van der Waals surface area contributed by atoms with E-state index in [2.05, 4.69) is 111 Å². The summed E-state index contributed by atoms with van der Waals surface area (Å²) in [5.41, 5.74) is 4.05. The number of hydrogen-bond acceptors (Lipinski definition) is 23. The molecule has 1 aliphatic heterocycles. The summed E-state index contributed by atoms with van der Waals surface area (Å²) in [7, 11) is -17.7. The van der Waals surface area contributed by atoms with Gasteiger partial charge in [0.15, 0.2) is 22.8 Å². The van der Waals surface area contributed by atoms with Gasteiger partial charge in [-0.3, -0.25) is 28.1 Å². The third-order valence-corrected chi connectivity index (χ3v) is 14.6. The first-order chi connectivity index (χ1) is 34.9. The molecule has 3 heterocycles. The predicted octanol–water partition coefficient (Wildman–Crippen LogP) is 2.59. The van der Waals surface area contributed by atoms with E-state index >= 15 is 0 Å². The van der Waals surface area contributed by atoms with Gasteiger partial charge in [-0.15, -0.1) is 0 Å². The number of amides is 2. The first-order valence-corrected chi connectivity index (χ1v) is 29.2. The SMILES string of the molecule is CC/C=C\C/C=C\C/C=C\C/C=C\C/C=C\CCCCC[C@@H](O)CC(=O)SCCNC(=O)CCNC(=O)[C@H](O)C(C)(C)COP(=O)([O-])OP(=O)([O-])OC[C@H]1O[C@@H](n2cnc3c(N)ncnc32)[C@H](O)[C@@H]1OP(=O)([O-])[O-]. The third kappa shape index (κ3) is 24.9. The molecule has 0 aliphatic carbocycles. The number of phosphoric ester groups is 3.